The van der Waals surface area contributed by atoms with E-state index < -0.39 is 0 Å². The highest BCUT2D eigenvalue weighted by Crippen LogP contribution is 2.00. The van der Waals surface area contributed by atoms with Crippen LogP contribution in [0.1, 0.15) is 6.92 Å². The summed E-state index contributed by atoms with van der Waals surface area (Å²) in [5, 5.41) is 10.6. The van der Waals surface area contributed by atoms with Gasteiger partial charge in [0.15, 0.2) is 0 Å². The van der Waals surface area contributed by atoms with Crippen LogP contribution in [-0.4, -0.2) is 32.8 Å². The van der Waals surface area contributed by atoms with E-state index in [1.54, 1.807) is 0 Å². The predicted octanol–water partition coefficient (Wildman–Crippen LogP) is -0.00130. The molecular formula is C5H7BrN4O2. The Bertz CT molecular complexity index is 274. The summed E-state index contributed by atoms with van der Waals surface area (Å²) in [4.78, 5) is 10.4. The number of aromatic nitrogens is 4. The SMILES string of the molecule is CC(=O)OCCn1nnnc1Br. The van der Waals surface area contributed by atoms with Gasteiger partial charge in [-0.1, -0.05) is 0 Å². The zero-order valence-corrected chi connectivity index (χ0v) is 7.98. The first-order chi connectivity index (χ1) is 5.70. The standard InChI is InChI=1S/C5H7BrN4O2/c1-4(11)12-3-2-10-5(6)7-8-9-10/h2-3H2,1H3. The molecule has 1 aromatic rings. The molecule has 1 heterocycles. The normalized spacial score (nSPS) is 9.83. The molecule has 0 bridgehead atoms. The van der Waals surface area contributed by atoms with Crippen molar-refractivity contribution < 1.29 is 9.53 Å². The maximum Gasteiger partial charge on any atom is 0.302 e. The van der Waals surface area contributed by atoms with E-state index in [2.05, 4.69) is 31.5 Å². The van der Waals surface area contributed by atoms with Crippen molar-refractivity contribution in [1.29, 1.82) is 0 Å². The lowest BCUT2D eigenvalue weighted by Gasteiger charge is -2.00. The highest BCUT2D eigenvalue weighted by molar-refractivity contribution is 9.10. The highest BCUT2D eigenvalue weighted by atomic mass is 79.9. The second kappa shape index (κ2) is 4.15. The number of tetrazole rings is 1. The first-order valence-corrected chi connectivity index (χ1v) is 4.04. The van der Waals surface area contributed by atoms with Crippen LogP contribution in [0.15, 0.2) is 4.73 Å². The van der Waals surface area contributed by atoms with Gasteiger partial charge in [-0.15, -0.1) is 5.10 Å². The quantitative estimate of drug-likeness (QED) is 0.689. The van der Waals surface area contributed by atoms with Crippen molar-refractivity contribution in [3.63, 3.8) is 0 Å². The van der Waals surface area contributed by atoms with Crippen LogP contribution in [0.4, 0.5) is 0 Å². The molecule has 0 radical (unpaired) electrons. The zero-order valence-electron chi connectivity index (χ0n) is 6.40. The lowest BCUT2D eigenvalue weighted by molar-refractivity contribution is -0.141. The molecule has 0 fully saturated rings. The van der Waals surface area contributed by atoms with Gasteiger partial charge in [0.25, 0.3) is 0 Å². The molecular weight excluding hydrogens is 228 g/mol. The Kier molecular flexibility index (Phi) is 3.15. The first-order valence-electron chi connectivity index (χ1n) is 3.25. The van der Waals surface area contributed by atoms with Gasteiger partial charge in [0.1, 0.15) is 6.61 Å². The fraction of sp³-hybridized carbons (Fsp3) is 0.600. The predicted molar refractivity (Wildman–Crippen MR) is 42.2 cm³/mol. The maximum atomic E-state index is 10.4. The average molecular weight is 235 g/mol. The molecule has 0 spiro atoms. The van der Waals surface area contributed by atoms with E-state index in [-0.39, 0.29) is 12.6 Å². The van der Waals surface area contributed by atoms with E-state index in [1.165, 1.54) is 11.6 Å². The first kappa shape index (κ1) is 9.11. The highest BCUT2D eigenvalue weighted by Gasteiger charge is 2.01. The molecule has 66 valence electrons. The number of esters is 1. The smallest absolute Gasteiger partial charge is 0.302 e. The fourth-order valence-corrected chi connectivity index (χ4v) is 0.926. The molecule has 0 aromatic carbocycles. The fourth-order valence-electron chi connectivity index (χ4n) is 0.607. The molecule has 6 nitrogen and oxygen atoms in total. The van der Waals surface area contributed by atoms with Crippen LogP contribution in [0.3, 0.4) is 0 Å². The second-order valence-electron chi connectivity index (χ2n) is 2.01. The molecule has 0 N–H and O–H groups in total. The van der Waals surface area contributed by atoms with E-state index in [1.807, 2.05) is 0 Å². The Hall–Kier alpha value is -0.980. The molecule has 0 atom stereocenters. The van der Waals surface area contributed by atoms with Crippen LogP contribution in [0.5, 0.6) is 0 Å². The Labute approximate surface area is 77.0 Å². The number of halogens is 1. The summed E-state index contributed by atoms with van der Waals surface area (Å²) in [5.74, 6) is -0.306. The minimum Gasteiger partial charge on any atom is -0.464 e. The van der Waals surface area contributed by atoms with Crippen LogP contribution >= 0.6 is 15.9 Å². The number of nitrogens with zero attached hydrogens (tertiary/aromatic N) is 4. The molecule has 0 saturated heterocycles. The molecule has 0 unspecified atom stereocenters. The van der Waals surface area contributed by atoms with Crippen LogP contribution in [0.2, 0.25) is 0 Å². The van der Waals surface area contributed by atoms with Gasteiger partial charge in [-0.25, -0.2) is 4.68 Å². The van der Waals surface area contributed by atoms with Crippen LogP contribution in [0, 0.1) is 0 Å². The van der Waals surface area contributed by atoms with Crippen molar-refractivity contribution in [1.82, 2.24) is 20.2 Å². The van der Waals surface area contributed by atoms with E-state index in [9.17, 15) is 4.79 Å². The summed E-state index contributed by atoms with van der Waals surface area (Å²) in [6, 6.07) is 0. The largest absolute Gasteiger partial charge is 0.464 e. The molecule has 7 heteroatoms. The number of ether oxygens (including phenoxy) is 1. The van der Waals surface area contributed by atoms with Gasteiger partial charge >= 0.3 is 5.97 Å². The molecule has 0 amide bonds. The maximum absolute atomic E-state index is 10.4. The third kappa shape index (κ3) is 2.57. The van der Waals surface area contributed by atoms with Gasteiger partial charge in [-0.05, 0) is 26.4 Å². The molecule has 12 heavy (non-hydrogen) atoms. The topological polar surface area (TPSA) is 69.9 Å². The Balaban J connectivity index is 2.33. The van der Waals surface area contributed by atoms with E-state index in [0.717, 1.165) is 0 Å². The van der Waals surface area contributed by atoms with Gasteiger partial charge in [0.2, 0.25) is 4.73 Å². The molecule has 1 aromatic heterocycles. The molecule has 1 rings (SSSR count). The van der Waals surface area contributed by atoms with Crippen LogP contribution < -0.4 is 0 Å². The second-order valence-corrected chi connectivity index (χ2v) is 2.72. The zero-order chi connectivity index (χ0) is 8.97. The van der Waals surface area contributed by atoms with Gasteiger partial charge in [-0.2, -0.15) is 0 Å². The van der Waals surface area contributed by atoms with Gasteiger partial charge < -0.3 is 4.74 Å². The van der Waals surface area contributed by atoms with Crippen molar-refractivity contribution in [3.8, 4) is 0 Å². The van der Waals surface area contributed by atoms with Crippen molar-refractivity contribution in [2.24, 2.45) is 0 Å². The van der Waals surface area contributed by atoms with E-state index in [4.69, 9.17) is 4.74 Å². The van der Waals surface area contributed by atoms with Crippen molar-refractivity contribution in [2.75, 3.05) is 6.61 Å². The summed E-state index contributed by atoms with van der Waals surface area (Å²) in [5.41, 5.74) is 0. The summed E-state index contributed by atoms with van der Waals surface area (Å²) in [6.07, 6.45) is 0. The Morgan fingerprint density at radius 3 is 3.00 bits per heavy atom. The monoisotopic (exact) mass is 234 g/mol. The minimum atomic E-state index is -0.306. The van der Waals surface area contributed by atoms with Gasteiger partial charge in [0, 0.05) is 6.92 Å². The molecule has 0 aliphatic carbocycles. The lowest BCUT2D eigenvalue weighted by atomic mass is 10.7. The number of rotatable bonds is 3. The Morgan fingerprint density at radius 1 is 1.75 bits per heavy atom. The van der Waals surface area contributed by atoms with Crippen molar-refractivity contribution in [2.45, 2.75) is 13.5 Å². The van der Waals surface area contributed by atoms with E-state index in [0.29, 0.717) is 11.3 Å². The van der Waals surface area contributed by atoms with E-state index >= 15 is 0 Å². The third-order valence-corrected chi connectivity index (χ3v) is 1.66. The minimum absolute atomic E-state index is 0.277. The number of carbonyl (C=O) groups is 1. The van der Waals surface area contributed by atoms with Crippen LogP contribution in [0.25, 0.3) is 0 Å². The molecule has 0 aliphatic heterocycles. The van der Waals surface area contributed by atoms with Gasteiger partial charge in [-0.3, -0.25) is 4.79 Å². The summed E-state index contributed by atoms with van der Waals surface area (Å²) < 4.78 is 6.71. The summed E-state index contributed by atoms with van der Waals surface area (Å²) >= 11 is 3.12. The van der Waals surface area contributed by atoms with Crippen molar-refractivity contribution >= 4 is 21.9 Å². The van der Waals surface area contributed by atoms with Gasteiger partial charge in [0.05, 0.1) is 6.54 Å². The summed E-state index contributed by atoms with van der Waals surface area (Å²) in [6.45, 7) is 2.08. The molecule has 0 saturated carbocycles. The number of hydrogen-bond acceptors (Lipinski definition) is 5. The summed E-state index contributed by atoms with van der Waals surface area (Å²) in [7, 11) is 0. The Morgan fingerprint density at radius 2 is 2.50 bits per heavy atom. The average Bonchev–Trinajstić information content (AvgIpc) is 2.36. The van der Waals surface area contributed by atoms with Crippen molar-refractivity contribution in [3.05, 3.63) is 4.73 Å². The number of carbonyl (C=O) groups excluding carboxylic acids is 1. The third-order valence-electron chi connectivity index (χ3n) is 1.10. The number of hydrogen-bond donors (Lipinski definition) is 0. The lowest BCUT2D eigenvalue weighted by Crippen LogP contribution is -2.10. The molecule has 0 aliphatic rings. The van der Waals surface area contributed by atoms with Crippen LogP contribution in [-0.2, 0) is 16.1 Å².